The van der Waals surface area contributed by atoms with Crippen LogP contribution < -0.4 is 5.32 Å². The Morgan fingerprint density at radius 1 is 1.08 bits per heavy atom. The van der Waals surface area contributed by atoms with Gasteiger partial charge in [-0.15, -0.1) is 0 Å². The van der Waals surface area contributed by atoms with E-state index in [1.807, 2.05) is 0 Å². The minimum Gasteiger partial charge on any atom is -0.373 e. The van der Waals surface area contributed by atoms with E-state index < -0.39 is 0 Å². The first-order chi connectivity index (χ1) is 5.77. The molecule has 0 spiro atoms. The second-order valence-electron chi connectivity index (χ2n) is 3.70. The third-order valence-electron chi connectivity index (χ3n) is 3.13. The average molecular weight is 167 g/mol. The molecule has 4 nitrogen and oxygen atoms in total. The van der Waals surface area contributed by atoms with Crippen LogP contribution in [0.1, 0.15) is 12.8 Å². The molecule has 0 aliphatic carbocycles. The maximum atomic E-state index is 11.2. The molecule has 2 bridgehead atoms. The van der Waals surface area contributed by atoms with Crippen LogP contribution in [0.3, 0.4) is 0 Å². The predicted molar refractivity (Wildman–Crippen MR) is 38.0 cm³/mol. The standard InChI is InChI=1S/C8H9NO3/c10-7-5-3-1-2-4(12-3)6(5)8(11)9-7/h3-6H,1-2H2,(H,9,10,11)/t3?,4?,5-,6+. The van der Waals surface area contributed by atoms with Gasteiger partial charge in [0.2, 0.25) is 11.8 Å². The van der Waals surface area contributed by atoms with Crippen LogP contribution in [0.15, 0.2) is 0 Å². The third-order valence-corrected chi connectivity index (χ3v) is 3.13. The minimum absolute atomic E-state index is 0.0199. The van der Waals surface area contributed by atoms with E-state index in [4.69, 9.17) is 4.74 Å². The molecule has 3 rings (SSSR count). The van der Waals surface area contributed by atoms with Crippen molar-refractivity contribution in [2.24, 2.45) is 11.8 Å². The lowest BCUT2D eigenvalue weighted by atomic mass is 9.81. The molecule has 0 aromatic rings. The highest BCUT2D eigenvalue weighted by atomic mass is 16.5. The summed E-state index contributed by atoms with van der Waals surface area (Å²) >= 11 is 0. The first kappa shape index (κ1) is 6.60. The molecular weight excluding hydrogens is 158 g/mol. The first-order valence-electron chi connectivity index (χ1n) is 4.27. The summed E-state index contributed by atoms with van der Waals surface area (Å²) < 4.78 is 5.50. The van der Waals surface area contributed by atoms with Crippen LogP contribution in [0.4, 0.5) is 0 Å². The minimum atomic E-state index is -0.170. The second-order valence-corrected chi connectivity index (χ2v) is 3.70. The fourth-order valence-electron chi connectivity index (χ4n) is 2.63. The Labute approximate surface area is 69.3 Å². The maximum Gasteiger partial charge on any atom is 0.233 e. The summed E-state index contributed by atoms with van der Waals surface area (Å²) in [5, 5.41) is 2.36. The molecule has 0 saturated carbocycles. The van der Waals surface area contributed by atoms with E-state index in [9.17, 15) is 9.59 Å². The average Bonchev–Trinajstić information content (AvgIpc) is 2.64. The smallest absolute Gasteiger partial charge is 0.233 e. The molecular formula is C8H9NO3. The van der Waals surface area contributed by atoms with Crippen LogP contribution in [0.2, 0.25) is 0 Å². The van der Waals surface area contributed by atoms with Gasteiger partial charge in [0, 0.05) is 0 Å². The Bertz CT molecular complexity index is 249. The van der Waals surface area contributed by atoms with Gasteiger partial charge in [-0.1, -0.05) is 0 Å². The molecule has 2 unspecified atom stereocenters. The maximum absolute atomic E-state index is 11.2. The van der Waals surface area contributed by atoms with Gasteiger partial charge in [0.25, 0.3) is 0 Å². The van der Waals surface area contributed by atoms with Crippen molar-refractivity contribution in [2.75, 3.05) is 0 Å². The lowest BCUT2D eigenvalue weighted by molar-refractivity contribution is -0.128. The van der Waals surface area contributed by atoms with Crippen molar-refractivity contribution in [3.63, 3.8) is 0 Å². The van der Waals surface area contributed by atoms with Crippen molar-refractivity contribution in [1.82, 2.24) is 5.32 Å². The Kier molecular flexibility index (Phi) is 1.03. The SMILES string of the molecule is O=C1NC(=O)[C@H]2C3CCC(O3)[C@@H]12. The number of ether oxygens (including phenoxy) is 1. The Balaban J connectivity index is 2.03. The van der Waals surface area contributed by atoms with E-state index in [0.29, 0.717) is 0 Å². The monoisotopic (exact) mass is 167 g/mol. The Morgan fingerprint density at radius 2 is 1.58 bits per heavy atom. The van der Waals surface area contributed by atoms with Crippen LogP contribution in [0.5, 0.6) is 0 Å². The molecule has 64 valence electrons. The highest BCUT2D eigenvalue weighted by molar-refractivity contribution is 6.06. The number of carbonyl (C=O) groups excluding carboxylic acids is 2. The zero-order valence-electron chi connectivity index (χ0n) is 6.45. The van der Waals surface area contributed by atoms with Gasteiger partial charge < -0.3 is 4.74 Å². The van der Waals surface area contributed by atoms with Gasteiger partial charge in [0.1, 0.15) is 0 Å². The van der Waals surface area contributed by atoms with E-state index in [1.165, 1.54) is 0 Å². The van der Waals surface area contributed by atoms with E-state index in [0.717, 1.165) is 12.8 Å². The summed E-state index contributed by atoms with van der Waals surface area (Å²) in [6.07, 6.45) is 1.91. The van der Waals surface area contributed by atoms with Crippen LogP contribution >= 0.6 is 0 Å². The number of nitrogens with one attached hydrogen (secondary N) is 1. The van der Waals surface area contributed by atoms with Gasteiger partial charge >= 0.3 is 0 Å². The van der Waals surface area contributed by atoms with Crippen LogP contribution in [-0.4, -0.2) is 24.0 Å². The van der Waals surface area contributed by atoms with Crippen molar-refractivity contribution in [3.05, 3.63) is 0 Å². The summed E-state index contributed by atoms with van der Waals surface area (Å²) in [5.41, 5.74) is 0. The Morgan fingerprint density at radius 3 is 2.08 bits per heavy atom. The molecule has 2 amide bonds. The number of carbonyl (C=O) groups is 2. The summed E-state index contributed by atoms with van der Waals surface area (Å²) in [6, 6.07) is 0. The molecule has 3 aliphatic rings. The summed E-state index contributed by atoms with van der Waals surface area (Å²) in [5.74, 6) is -0.595. The zero-order valence-corrected chi connectivity index (χ0v) is 6.45. The molecule has 0 radical (unpaired) electrons. The van der Waals surface area contributed by atoms with Crippen molar-refractivity contribution < 1.29 is 14.3 Å². The van der Waals surface area contributed by atoms with Crippen molar-refractivity contribution in [3.8, 4) is 0 Å². The van der Waals surface area contributed by atoms with Gasteiger partial charge in [0.15, 0.2) is 0 Å². The van der Waals surface area contributed by atoms with Gasteiger partial charge in [-0.2, -0.15) is 0 Å². The molecule has 3 aliphatic heterocycles. The molecule has 3 heterocycles. The molecule has 3 fully saturated rings. The van der Waals surface area contributed by atoms with Crippen LogP contribution in [-0.2, 0) is 14.3 Å². The second kappa shape index (κ2) is 1.88. The first-order valence-corrected chi connectivity index (χ1v) is 4.27. The third kappa shape index (κ3) is 0.579. The topological polar surface area (TPSA) is 55.4 Å². The number of amides is 2. The van der Waals surface area contributed by atoms with E-state index in [2.05, 4.69) is 5.32 Å². The molecule has 0 aromatic carbocycles. The molecule has 3 saturated heterocycles. The van der Waals surface area contributed by atoms with E-state index >= 15 is 0 Å². The number of hydrogen-bond acceptors (Lipinski definition) is 3. The van der Waals surface area contributed by atoms with Crippen LogP contribution in [0, 0.1) is 11.8 Å². The summed E-state index contributed by atoms with van der Waals surface area (Å²) in [6.45, 7) is 0. The van der Waals surface area contributed by atoms with Crippen molar-refractivity contribution in [1.29, 1.82) is 0 Å². The normalized spacial score (nSPS) is 49.7. The molecule has 12 heavy (non-hydrogen) atoms. The fraction of sp³-hybridized carbons (Fsp3) is 0.750. The quantitative estimate of drug-likeness (QED) is 0.492. The van der Waals surface area contributed by atoms with Crippen molar-refractivity contribution >= 4 is 11.8 Å². The number of imide groups is 1. The fourth-order valence-corrected chi connectivity index (χ4v) is 2.63. The summed E-state index contributed by atoms with van der Waals surface area (Å²) in [4.78, 5) is 22.5. The molecule has 1 N–H and O–H groups in total. The van der Waals surface area contributed by atoms with E-state index in [-0.39, 0.29) is 35.9 Å². The number of fused-ring (bicyclic) bond motifs is 5. The van der Waals surface area contributed by atoms with Gasteiger partial charge in [-0.3, -0.25) is 14.9 Å². The molecule has 4 heteroatoms. The van der Waals surface area contributed by atoms with Gasteiger partial charge in [-0.25, -0.2) is 0 Å². The largest absolute Gasteiger partial charge is 0.373 e. The lowest BCUT2D eigenvalue weighted by Gasteiger charge is -2.15. The molecule has 0 aromatic heterocycles. The summed E-state index contributed by atoms with van der Waals surface area (Å²) in [7, 11) is 0. The molecule has 4 atom stereocenters. The Hall–Kier alpha value is -0.900. The predicted octanol–water partition coefficient (Wildman–Crippen LogP) is -0.564. The van der Waals surface area contributed by atoms with Crippen molar-refractivity contribution in [2.45, 2.75) is 25.0 Å². The van der Waals surface area contributed by atoms with Gasteiger partial charge in [0.05, 0.1) is 24.0 Å². The lowest BCUT2D eigenvalue weighted by Crippen LogP contribution is -2.29. The van der Waals surface area contributed by atoms with Gasteiger partial charge in [-0.05, 0) is 12.8 Å². The number of hydrogen-bond donors (Lipinski definition) is 1. The highest BCUT2D eigenvalue weighted by Crippen LogP contribution is 2.45. The highest BCUT2D eigenvalue weighted by Gasteiger charge is 2.59. The van der Waals surface area contributed by atoms with Crippen LogP contribution in [0.25, 0.3) is 0 Å². The van der Waals surface area contributed by atoms with E-state index in [1.54, 1.807) is 0 Å². The zero-order chi connectivity index (χ0) is 8.29. The number of rotatable bonds is 0.